The van der Waals surface area contributed by atoms with Crippen molar-refractivity contribution in [2.24, 2.45) is 7.05 Å². The summed E-state index contributed by atoms with van der Waals surface area (Å²) in [7, 11) is 1.74. The topological polar surface area (TPSA) is 51.5 Å². The van der Waals surface area contributed by atoms with Crippen LogP contribution < -0.4 is 5.56 Å². The SMILES string of the molecule is C=C(C)CC1(c2ccccc2)CCN(C(C)c2ccc(-c3ccc(=O)n(C)c3)cc2)C(=O)O1. The third kappa shape index (κ3) is 4.63. The average molecular weight is 443 g/mol. The molecule has 5 nitrogen and oxygen atoms in total. The number of ether oxygens (including phenoxy) is 1. The molecule has 1 saturated heterocycles. The molecule has 4 rings (SSSR count). The summed E-state index contributed by atoms with van der Waals surface area (Å²) in [4.78, 5) is 26.6. The van der Waals surface area contributed by atoms with Gasteiger partial charge < -0.3 is 14.2 Å². The molecule has 2 aromatic carbocycles. The van der Waals surface area contributed by atoms with Crippen LogP contribution in [0.2, 0.25) is 0 Å². The van der Waals surface area contributed by atoms with E-state index in [0.29, 0.717) is 19.4 Å². The molecule has 170 valence electrons. The van der Waals surface area contributed by atoms with Gasteiger partial charge in [-0.15, -0.1) is 0 Å². The molecule has 33 heavy (non-hydrogen) atoms. The van der Waals surface area contributed by atoms with Crippen LogP contribution in [0.1, 0.15) is 43.9 Å². The van der Waals surface area contributed by atoms with Gasteiger partial charge in [-0.1, -0.05) is 66.7 Å². The van der Waals surface area contributed by atoms with E-state index in [1.807, 2.05) is 80.7 Å². The van der Waals surface area contributed by atoms with E-state index in [-0.39, 0.29) is 17.7 Å². The van der Waals surface area contributed by atoms with Crippen LogP contribution in [0.4, 0.5) is 4.79 Å². The first-order valence-corrected chi connectivity index (χ1v) is 11.3. The summed E-state index contributed by atoms with van der Waals surface area (Å²) in [6.45, 7) is 8.66. The lowest BCUT2D eigenvalue weighted by molar-refractivity contribution is -0.0602. The van der Waals surface area contributed by atoms with Gasteiger partial charge in [-0.05, 0) is 42.2 Å². The number of amides is 1. The van der Waals surface area contributed by atoms with Gasteiger partial charge in [0.15, 0.2) is 0 Å². The number of rotatable bonds is 6. The molecule has 1 amide bonds. The Hall–Kier alpha value is -3.60. The van der Waals surface area contributed by atoms with Crippen molar-refractivity contribution in [2.75, 3.05) is 6.54 Å². The van der Waals surface area contributed by atoms with Gasteiger partial charge in [0.1, 0.15) is 5.60 Å². The highest BCUT2D eigenvalue weighted by atomic mass is 16.6. The number of cyclic esters (lactones) is 1. The molecule has 2 atom stereocenters. The first kappa shape index (κ1) is 22.6. The minimum atomic E-state index is -0.673. The highest BCUT2D eigenvalue weighted by Gasteiger charge is 2.43. The Morgan fingerprint density at radius 3 is 2.30 bits per heavy atom. The zero-order chi connectivity index (χ0) is 23.6. The Morgan fingerprint density at radius 2 is 1.70 bits per heavy atom. The monoisotopic (exact) mass is 442 g/mol. The lowest BCUT2D eigenvalue weighted by Crippen LogP contribution is -2.48. The number of aromatic nitrogens is 1. The normalized spacial score (nSPS) is 19.1. The van der Waals surface area contributed by atoms with E-state index in [0.717, 1.165) is 27.8 Å². The average Bonchev–Trinajstić information content (AvgIpc) is 2.81. The van der Waals surface area contributed by atoms with Gasteiger partial charge in [0, 0.05) is 38.7 Å². The van der Waals surface area contributed by atoms with Crippen molar-refractivity contribution < 1.29 is 9.53 Å². The Kier molecular flexibility index (Phi) is 6.23. The van der Waals surface area contributed by atoms with Crippen molar-refractivity contribution in [3.63, 3.8) is 0 Å². The third-order valence-corrected chi connectivity index (χ3v) is 6.44. The Morgan fingerprint density at radius 1 is 1.03 bits per heavy atom. The molecule has 0 radical (unpaired) electrons. The van der Waals surface area contributed by atoms with E-state index in [2.05, 4.69) is 6.58 Å². The molecule has 1 aliphatic rings. The molecule has 0 spiro atoms. The number of pyridine rings is 1. The summed E-state index contributed by atoms with van der Waals surface area (Å²) >= 11 is 0. The van der Waals surface area contributed by atoms with Crippen LogP contribution in [-0.4, -0.2) is 22.1 Å². The highest BCUT2D eigenvalue weighted by Crippen LogP contribution is 2.41. The smallest absolute Gasteiger partial charge is 0.411 e. The summed E-state index contributed by atoms with van der Waals surface area (Å²) < 4.78 is 7.71. The molecular formula is C28H30N2O3. The van der Waals surface area contributed by atoms with Gasteiger partial charge in [-0.3, -0.25) is 4.79 Å². The molecule has 2 heterocycles. The molecule has 0 saturated carbocycles. The highest BCUT2D eigenvalue weighted by molar-refractivity contribution is 5.70. The zero-order valence-electron chi connectivity index (χ0n) is 19.5. The van der Waals surface area contributed by atoms with E-state index < -0.39 is 5.60 Å². The molecule has 5 heteroatoms. The summed E-state index contributed by atoms with van der Waals surface area (Å²) in [6.07, 6.45) is 2.84. The summed E-state index contributed by atoms with van der Waals surface area (Å²) in [5.74, 6) is 0. The van der Waals surface area contributed by atoms with E-state index in [1.165, 1.54) is 0 Å². The Bertz CT molecular complexity index is 1210. The number of hydrogen-bond acceptors (Lipinski definition) is 3. The lowest BCUT2D eigenvalue weighted by Gasteiger charge is -2.43. The Balaban J connectivity index is 1.53. The van der Waals surface area contributed by atoms with Gasteiger partial charge >= 0.3 is 6.09 Å². The van der Waals surface area contributed by atoms with Crippen molar-refractivity contribution in [3.8, 4) is 11.1 Å². The van der Waals surface area contributed by atoms with E-state index in [4.69, 9.17) is 4.74 Å². The molecule has 1 fully saturated rings. The standard InChI is InChI=1S/C28H30N2O3/c1-20(2)18-28(25-8-6-5-7-9-25)16-17-30(27(32)33-28)21(3)22-10-12-23(13-11-22)24-14-15-26(31)29(4)19-24/h5-15,19,21H,1,16-18H2,2-4H3. The molecule has 2 unspecified atom stereocenters. The van der Waals surface area contributed by atoms with Crippen molar-refractivity contribution in [1.29, 1.82) is 0 Å². The van der Waals surface area contributed by atoms with Crippen molar-refractivity contribution >= 4 is 6.09 Å². The van der Waals surface area contributed by atoms with Gasteiger partial charge in [-0.25, -0.2) is 4.79 Å². The fourth-order valence-corrected chi connectivity index (χ4v) is 4.58. The number of aryl methyl sites for hydroxylation is 1. The predicted molar refractivity (Wildman–Crippen MR) is 131 cm³/mol. The maximum absolute atomic E-state index is 13.2. The van der Waals surface area contributed by atoms with Crippen LogP contribution in [0, 0.1) is 0 Å². The fourth-order valence-electron chi connectivity index (χ4n) is 4.58. The largest absolute Gasteiger partial charge is 0.437 e. The first-order valence-electron chi connectivity index (χ1n) is 11.3. The molecule has 0 aliphatic carbocycles. The van der Waals surface area contributed by atoms with E-state index in [1.54, 1.807) is 22.6 Å². The minimum Gasteiger partial charge on any atom is -0.437 e. The Labute approximate surface area is 194 Å². The number of carbonyl (C=O) groups excluding carboxylic acids is 1. The second kappa shape index (κ2) is 9.10. The number of hydrogen-bond donors (Lipinski definition) is 0. The molecule has 0 N–H and O–H groups in total. The maximum Gasteiger partial charge on any atom is 0.411 e. The molecule has 3 aromatic rings. The van der Waals surface area contributed by atoms with Crippen LogP contribution in [0.15, 0.2) is 89.9 Å². The van der Waals surface area contributed by atoms with Gasteiger partial charge in [0.25, 0.3) is 0 Å². The number of benzene rings is 2. The van der Waals surface area contributed by atoms with E-state index in [9.17, 15) is 9.59 Å². The second-order valence-corrected chi connectivity index (χ2v) is 8.97. The van der Waals surface area contributed by atoms with Crippen molar-refractivity contribution in [2.45, 2.75) is 38.3 Å². The zero-order valence-corrected chi connectivity index (χ0v) is 19.5. The van der Waals surface area contributed by atoms with E-state index >= 15 is 0 Å². The van der Waals surface area contributed by atoms with Crippen LogP contribution in [0.3, 0.4) is 0 Å². The van der Waals surface area contributed by atoms with Crippen LogP contribution >= 0.6 is 0 Å². The lowest BCUT2D eigenvalue weighted by atomic mass is 9.83. The number of carbonyl (C=O) groups is 1. The van der Waals surface area contributed by atoms with Gasteiger partial charge in [-0.2, -0.15) is 0 Å². The summed E-state index contributed by atoms with van der Waals surface area (Å²) in [5, 5.41) is 0. The maximum atomic E-state index is 13.2. The first-order chi connectivity index (χ1) is 15.8. The summed E-state index contributed by atoms with van der Waals surface area (Å²) in [5.41, 5.74) is 4.32. The number of nitrogens with zero attached hydrogens (tertiary/aromatic N) is 2. The minimum absolute atomic E-state index is 0.0363. The van der Waals surface area contributed by atoms with Crippen LogP contribution in [0.5, 0.6) is 0 Å². The molecule has 1 aromatic heterocycles. The third-order valence-electron chi connectivity index (χ3n) is 6.44. The predicted octanol–water partition coefficient (Wildman–Crippen LogP) is 5.82. The van der Waals surface area contributed by atoms with Crippen molar-refractivity contribution in [3.05, 3.63) is 107 Å². The van der Waals surface area contributed by atoms with Crippen LogP contribution in [-0.2, 0) is 17.4 Å². The van der Waals surface area contributed by atoms with Crippen LogP contribution in [0.25, 0.3) is 11.1 Å². The quantitative estimate of drug-likeness (QED) is 0.452. The van der Waals surface area contributed by atoms with Gasteiger partial charge in [0.2, 0.25) is 5.56 Å². The van der Waals surface area contributed by atoms with Crippen molar-refractivity contribution in [1.82, 2.24) is 9.47 Å². The molecular weight excluding hydrogens is 412 g/mol. The summed E-state index contributed by atoms with van der Waals surface area (Å²) in [6, 6.07) is 21.4. The molecule has 0 bridgehead atoms. The second-order valence-electron chi connectivity index (χ2n) is 8.97. The van der Waals surface area contributed by atoms with Gasteiger partial charge in [0.05, 0.1) is 6.04 Å². The fraction of sp³-hybridized carbons (Fsp3) is 0.286. The molecule has 1 aliphatic heterocycles.